The van der Waals surface area contributed by atoms with Crippen LogP contribution in [0.4, 0.5) is 22.4 Å². The second-order valence-corrected chi connectivity index (χ2v) is 6.74. The maximum Gasteiger partial charge on any atom is 0.420 e. The second kappa shape index (κ2) is 8.13. The predicted octanol–water partition coefficient (Wildman–Crippen LogP) is 4.75. The van der Waals surface area contributed by atoms with Crippen LogP contribution in [0, 0.1) is 5.82 Å². The van der Waals surface area contributed by atoms with Gasteiger partial charge in [0.1, 0.15) is 11.5 Å². The van der Waals surface area contributed by atoms with E-state index in [9.17, 15) is 22.4 Å². The number of benzene rings is 1. The molecule has 4 aromatic rings. The molecular formula is C21H16F4N4O2. The largest absolute Gasteiger partial charge is 0.472 e. The summed E-state index contributed by atoms with van der Waals surface area (Å²) in [7, 11) is 0. The van der Waals surface area contributed by atoms with Crippen molar-refractivity contribution in [3.8, 4) is 11.1 Å². The van der Waals surface area contributed by atoms with E-state index >= 15 is 0 Å². The van der Waals surface area contributed by atoms with Crippen LogP contribution in [-0.4, -0.2) is 15.4 Å². The lowest BCUT2D eigenvalue weighted by atomic mass is 10.1. The summed E-state index contributed by atoms with van der Waals surface area (Å²) in [5, 5.41) is 5.00. The third-order valence-electron chi connectivity index (χ3n) is 4.59. The van der Waals surface area contributed by atoms with Gasteiger partial charge in [-0.2, -0.15) is 13.2 Å². The van der Waals surface area contributed by atoms with Crippen LogP contribution in [0.5, 0.6) is 0 Å². The van der Waals surface area contributed by atoms with Crippen LogP contribution in [-0.2, 0) is 19.3 Å². The summed E-state index contributed by atoms with van der Waals surface area (Å²) >= 11 is 0. The summed E-state index contributed by atoms with van der Waals surface area (Å²) in [6.45, 7) is -0.140. The molecule has 31 heavy (non-hydrogen) atoms. The van der Waals surface area contributed by atoms with Crippen LogP contribution in [0.2, 0.25) is 0 Å². The number of urea groups is 1. The minimum absolute atomic E-state index is 0.0318. The van der Waals surface area contributed by atoms with Crippen molar-refractivity contribution in [2.75, 3.05) is 0 Å². The summed E-state index contributed by atoms with van der Waals surface area (Å²) in [4.78, 5) is 16.0. The van der Waals surface area contributed by atoms with Gasteiger partial charge >= 0.3 is 12.2 Å². The first-order valence-corrected chi connectivity index (χ1v) is 9.18. The van der Waals surface area contributed by atoms with Crippen LogP contribution in [0.1, 0.15) is 16.8 Å². The summed E-state index contributed by atoms with van der Waals surface area (Å²) in [5.74, 6) is -0.448. The number of nitrogens with zero attached hydrogens (tertiary/aromatic N) is 2. The Labute approximate surface area is 173 Å². The first-order valence-electron chi connectivity index (χ1n) is 9.18. The van der Waals surface area contributed by atoms with E-state index in [1.54, 1.807) is 12.1 Å². The monoisotopic (exact) mass is 432 g/mol. The highest BCUT2D eigenvalue weighted by Crippen LogP contribution is 2.35. The molecule has 3 aromatic heterocycles. The van der Waals surface area contributed by atoms with E-state index in [0.29, 0.717) is 16.7 Å². The predicted molar refractivity (Wildman–Crippen MR) is 103 cm³/mol. The lowest BCUT2D eigenvalue weighted by Crippen LogP contribution is -2.34. The minimum atomic E-state index is -4.62. The molecule has 2 amide bonds. The first-order chi connectivity index (χ1) is 14.8. The van der Waals surface area contributed by atoms with E-state index in [4.69, 9.17) is 4.42 Å². The van der Waals surface area contributed by atoms with Gasteiger partial charge in [-0.25, -0.2) is 14.2 Å². The highest BCUT2D eigenvalue weighted by atomic mass is 19.4. The van der Waals surface area contributed by atoms with Crippen LogP contribution in [0.25, 0.3) is 16.8 Å². The van der Waals surface area contributed by atoms with Gasteiger partial charge in [-0.1, -0.05) is 18.2 Å². The van der Waals surface area contributed by atoms with Gasteiger partial charge in [0.05, 0.1) is 30.3 Å². The van der Waals surface area contributed by atoms with Crippen LogP contribution >= 0.6 is 0 Å². The molecule has 0 bridgehead atoms. The maximum absolute atomic E-state index is 13.6. The molecule has 4 rings (SSSR count). The molecule has 10 heteroatoms. The van der Waals surface area contributed by atoms with Crippen molar-refractivity contribution in [2.24, 2.45) is 0 Å². The molecule has 0 atom stereocenters. The third-order valence-corrected chi connectivity index (χ3v) is 4.59. The number of rotatable bonds is 5. The first kappa shape index (κ1) is 20.5. The standard InChI is InChI=1S/C21H16F4N4O2/c22-18-4-2-1-3-13(18)8-26-20(30)27-9-16-11-29-10-15(14-5-6-31-12-14)7-17(19(29)28-16)21(23,24)25/h1-7,10-12H,8-9H2,(H2,26,27,30). The number of alkyl halides is 3. The van der Waals surface area contributed by atoms with Crippen LogP contribution < -0.4 is 10.6 Å². The van der Waals surface area contributed by atoms with Gasteiger partial charge in [-0.15, -0.1) is 0 Å². The topological polar surface area (TPSA) is 71.6 Å². The summed E-state index contributed by atoms with van der Waals surface area (Å²) in [5.41, 5.74) is 0.175. The molecule has 3 heterocycles. The molecule has 0 aliphatic carbocycles. The zero-order chi connectivity index (χ0) is 22.0. The third kappa shape index (κ3) is 4.52. The Hall–Kier alpha value is -3.82. The molecule has 0 spiro atoms. The van der Waals surface area contributed by atoms with Crippen LogP contribution in [0.15, 0.2) is 65.7 Å². The number of carbonyl (C=O) groups excluding carboxylic acids is 1. The number of pyridine rings is 1. The van der Waals surface area contributed by atoms with Gasteiger partial charge in [0, 0.05) is 35.6 Å². The summed E-state index contributed by atoms with van der Waals surface area (Å²) in [6.07, 6.45) is 1.01. The van der Waals surface area contributed by atoms with E-state index in [1.807, 2.05) is 0 Å². The Morgan fingerprint density at radius 2 is 1.84 bits per heavy atom. The highest BCUT2D eigenvalue weighted by molar-refractivity contribution is 5.74. The zero-order valence-corrected chi connectivity index (χ0v) is 15.9. The zero-order valence-electron chi connectivity index (χ0n) is 15.9. The highest BCUT2D eigenvalue weighted by Gasteiger charge is 2.34. The molecular weight excluding hydrogens is 416 g/mol. The van der Waals surface area contributed by atoms with Crippen molar-refractivity contribution in [2.45, 2.75) is 19.3 Å². The molecule has 0 saturated carbocycles. The Balaban J connectivity index is 1.51. The molecule has 0 aliphatic heterocycles. The second-order valence-electron chi connectivity index (χ2n) is 6.74. The van der Waals surface area contributed by atoms with Gasteiger partial charge in [-0.05, 0) is 18.2 Å². The van der Waals surface area contributed by atoms with Gasteiger partial charge < -0.3 is 19.5 Å². The van der Waals surface area contributed by atoms with Crippen molar-refractivity contribution in [3.05, 3.63) is 84.0 Å². The van der Waals surface area contributed by atoms with E-state index in [2.05, 4.69) is 15.6 Å². The van der Waals surface area contributed by atoms with E-state index in [0.717, 1.165) is 6.07 Å². The maximum atomic E-state index is 13.6. The van der Waals surface area contributed by atoms with Crippen LogP contribution in [0.3, 0.4) is 0 Å². The average molecular weight is 432 g/mol. The fourth-order valence-electron chi connectivity index (χ4n) is 3.08. The fraction of sp³-hybridized carbons (Fsp3) is 0.143. The Morgan fingerprint density at radius 3 is 2.55 bits per heavy atom. The molecule has 160 valence electrons. The number of imidazole rings is 1. The number of hydrogen-bond donors (Lipinski definition) is 2. The molecule has 2 N–H and O–H groups in total. The number of hydrogen-bond acceptors (Lipinski definition) is 3. The quantitative estimate of drug-likeness (QED) is 0.447. The number of halogens is 4. The fourth-order valence-corrected chi connectivity index (χ4v) is 3.08. The summed E-state index contributed by atoms with van der Waals surface area (Å²) in [6, 6.07) is 7.96. The summed E-state index contributed by atoms with van der Waals surface area (Å²) < 4.78 is 60.5. The molecule has 6 nitrogen and oxygen atoms in total. The van der Waals surface area contributed by atoms with Gasteiger partial charge in [0.15, 0.2) is 0 Å². The van der Waals surface area contributed by atoms with Crippen molar-refractivity contribution in [1.29, 1.82) is 0 Å². The Kier molecular flexibility index (Phi) is 5.37. The number of amides is 2. The number of nitrogens with one attached hydrogen (secondary N) is 2. The van der Waals surface area contributed by atoms with E-state index < -0.39 is 23.6 Å². The molecule has 0 fully saturated rings. The molecule has 1 aromatic carbocycles. The number of aromatic nitrogens is 2. The average Bonchev–Trinajstić information content (AvgIpc) is 3.39. The molecule has 0 aliphatic rings. The smallest absolute Gasteiger partial charge is 0.420 e. The van der Waals surface area contributed by atoms with Gasteiger partial charge in [0.2, 0.25) is 0 Å². The van der Waals surface area contributed by atoms with Crippen molar-refractivity contribution >= 4 is 11.7 Å². The van der Waals surface area contributed by atoms with E-state index in [1.165, 1.54) is 47.5 Å². The molecule has 0 radical (unpaired) electrons. The minimum Gasteiger partial charge on any atom is -0.472 e. The normalized spacial score (nSPS) is 11.6. The number of furan rings is 1. The Morgan fingerprint density at radius 1 is 1.06 bits per heavy atom. The van der Waals surface area contributed by atoms with Crippen molar-refractivity contribution in [1.82, 2.24) is 20.0 Å². The van der Waals surface area contributed by atoms with E-state index in [-0.39, 0.29) is 24.4 Å². The number of fused-ring (bicyclic) bond motifs is 1. The van der Waals surface area contributed by atoms with Crippen molar-refractivity contribution < 1.29 is 26.8 Å². The van der Waals surface area contributed by atoms with Crippen molar-refractivity contribution in [3.63, 3.8) is 0 Å². The lowest BCUT2D eigenvalue weighted by Gasteiger charge is -2.10. The SMILES string of the molecule is O=C(NCc1cn2cc(-c3ccoc3)cc(C(F)(F)F)c2n1)NCc1ccccc1F. The Bertz CT molecular complexity index is 1220. The number of carbonyl (C=O) groups is 1. The lowest BCUT2D eigenvalue weighted by molar-refractivity contribution is -0.136. The molecule has 0 saturated heterocycles. The molecule has 0 unspecified atom stereocenters. The van der Waals surface area contributed by atoms with Gasteiger partial charge in [0.25, 0.3) is 0 Å². The van der Waals surface area contributed by atoms with Gasteiger partial charge in [-0.3, -0.25) is 0 Å².